The average Bonchev–Trinajstić information content (AvgIpc) is 2.76. The lowest BCUT2D eigenvalue weighted by molar-refractivity contribution is -0.122. The first-order valence-corrected chi connectivity index (χ1v) is 7.68. The van der Waals surface area contributed by atoms with E-state index in [1.165, 1.54) is 4.88 Å². The molecule has 3 N–H and O–H groups in total. The molecule has 0 bridgehead atoms. The van der Waals surface area contributed by atoms with Gasteiger partial charge in [0.2, 0.25) is 5.91 Å². The van der Waals surface area contributed by atoms with E-state index >= 15 is 0 Å². The van der Waals surface area contributed by atoms with Crippen LogP contribution in [0.5, 0.6) is 0 Å². The van der Waals surface area contributed by atoms with Crippen molar-refractivity contribution < 1.29 is 4.79 Å². The number of nitrogens with one attached hydrogen (secondary N) is 1. The first-order chi connectivity index (χ1) is 8.62. The molecular formula is C12H20BrN3OS. The molecule has 4 nitrogen and oxygen atoms in total. The summed E-state index contributed by atoms with van der Waals surface area (Å²) in [7, 11) is 1.66. The molecule has 0 aliphatic carbocycles. The van der Waals surface area contributed by atoms with Gasteiger partial charge in [-0.05, 0) is 35.0 Å². The van der Waals surface area contributed by atoms with Gasteiger partial charge in [-0.2, -0.15) is 0 Å². The highest BCUT2D eigenvalue weighted by Gasteiger charge is 2.21. The van der Waals surface area contributed by atoms with E-state index in [9.17, 15) is 4.79 Å². The van der Waals surface area contributed by atoms with Crippen molar-refractivity contribution in [2.45, 2.75) is 19.4 Å². The summed E-state index contributed by atoms with van der Waals surface area (Å²) in [5.74, 6) is 0.0255. The lowest BCUT2D eigenvalue weighted by Gasteiger charge is -2.29. The third kappa shape index (κ3) is 4.35. The zero-order valence-corrected chi connectivity index (χ0v) is 13.2. The molecule has 0 spiro atoms. The normalized spacial score (nSPS) is 12.7. The van der Waals surface area contributed by atoms with Crippen LogP contribution in [0.1, 0.15) is 24.3 Å². The summed E-state index contributed by atoms with van der Waals surface area (Å²) in [5, 5.41) is 4.71. The topological polar surface area (TPSA) is 58.4 Å². The first kappa shape index (κ1) is 15.6. The minimum atomic E-state index is 0.0255. The van der Waals surface area contributed by atoms with Gasteiger partial charge in [-0.15, -0.1) is 11.3 Å². The summed E-state index contributed by atoms with van der Waals surface area (Å²) in [4.78, 5) is 14.9. The maximum Gasteiger partial charge on any atom is 0.233 e. The Morgan fingerprint density at radius 3 is 2.83 bits per heavy atom. The SMILES string of the molecule is CCCN(CC(=O)NC)C(CN)c1cc(Br)cs1. The molecule has 1 amide bonds. The van der Waals surface area contributed by atoms with E-state index < -0.39 is 0 Å². The van der Waals surface area contributed by atoms with Crippen LogP contribution < -0.4 is 11.1 Å². The predicted molar refractivity (Wildman–Crippen MR) is 79.7 cm³/mol. The summed E-state index contributed by atoms with van der Waals surface area (Å²) in [6.07, 6.45) is 1.00. The number of carbonyl (C=O) groups is 1. The highest BCUT2D eigenvalue weighted by molar-refractivity contribution is 9.10. The van der Waals surface area contributed by atoms with Gasteiger partial charge in [0.05, 0.1) is 12.6 Å². The van der Waals surface area contributed by atoms with Crippen molar-refractivity contribution in [1.82, 2.24) is 10.2 Å². The highest BCUT2D eigenvalue weighted by atomic mass is 79.9. The number of nitrogens with two attached hydrogens (primary N) is 1. The van der Waals surface area contributed by atoms with Crippen LogP contribution in [0, 0.1) is 0 Å². The number of rotatable bonds is 7. The summed E-state index contributed by atoms with van der Waals surface area (Å²) in [5.41, 5.74) is 5.88. The number of nitrogens with zero attached hydrogens (tertiary/aromatic N) is 1. The average molecular weight is 334 g/mol. The van der Waals surface area contributed by atoms with Gasteiger partial charge in [0.15, 0.2) is 0 Å². The van der Waals surface area contributed by atoms with Gasteiger partial charge in [-0.3, -0.25) is 9.69 Å². The maximum atomic E-state index is 11.6. The van der Waals surface area contributed by atoms with Crippen LogP contribution in [-0.2, 0) is 4.79 Å². The minimum Gasteiger partial charge on any atom is -0.358 e. The molecule has 1 rings (SSSR count). The van der Waals surface area contributed by atoms with Gasteiger partial charge in [-0.1, -0.05) is 6.92 Å². The molecule has 102 valence electrons. The van der Waals surface area contributed by atoms with Gasteiger partial charge in [0.1, 0.15) is 0 Å². The summed E-state index contributed by atoms with van der Waals surface area (Å²) >= 11 is 5.12. The Morgan fingerprint density at radius 2 is 2.39 bits per heavy atom. The Labute approximate surface area is 121 Å². The first-order valence-electron chi connectivity index (χ1n) is 6.01. The lowest BCUT2D eigenvalue weighted by Crippen LogP contribution is -2.40. The number of halogens is 1. The zero-order chi connectivity index (χ0) is 13.5. The fourth-order valence-corrected chi connectivity index (χ4v) is 3.44. The molecule has 1 unspecified atom stereocenters. The smallest absolute Gasteiger partial charge is 0.233 e. The van der Waals surface area contributed by atoms with Crippen LogP contribution in [0.25, 0.3) is 0 Å². The van der Waals surface area contributed by atoms with Crippen molar-refractivity contribution in [2.24, 2.45) is 5.73 Å². The van der Waals surface area contributed by atoms with Crippen molar-refractivity contribution in [3.63, 3.8) is 0 Å². The number of likely N-dealkylation sites (N-methyl/N-ethyl adjacent to an activating group) is 1. The molecule has 0 saturated heterocycles. The van der Waals surface area contributed by atoms with E-state index in [0.29, 0.717) is 13.1 Å². The van der Waals surface area contributed by atoms with E-state index in [0.717, 1.165) is 17.4 Å². The molecule has 6 heteroatoms. The van der Waals surface area contributed by atoms with E-state index in [-0.39, 0.29) is 11.9 Å². The Hall–Kier alpha value is -0.430. The number of amides is 1. The van der Waals surface area contributed by atoms with Crippen molar-refractivity contribution >= 4 is 33.2 Å². The number of thiophene rings is 1. The summed E-state index contributed by atoms with van der Waals surface area (Å²) in [6.45, 7) is 3.88. The summed E-state index contributed by atoms with van der Waals surface area (Å²) in [6, 6.07) is 2.19. The molecular weight excluding hydrogens is 314 g/mol. The second-order valence-electron chi connectivity index (χ2n) is 4.06. The van der Waals surface area contributed by atoms with Crippen LogP contribution in [0.2, 0.25) is 0 Å². The number of carbonyl (C=O) groups excluding carboxylic acids is 1. The van der Waals surface area contributed by atoms with Crippen molar-refractivity contribution in [3.05, 3.63) is 20.8 Å². The van der Waals surface area contributed by atoms with Crippen LogP contribution in [-0.4, -0.2) is 37.5 Å². The van der Waals surface area contributed by atoms with Gasteiger partial charge >= 0.3 is 0 Å². The lowest BCUT2D eigenvalue weighted by atomic mass is 10.2. The van der Waals surface area contributed by atoms with Crippen LogP contribution in [0.3, 0.4) is 0 Å². The van der Waals surface area contributed by atoms with Gasteiger partial charge in [-0.25, -0.2) is 0 Å². The molecule has 1 aromatic rings. The maximum absolute atomic E-state index is 11.6. The second kappa shape index (κ2) is 7.89. The molecule has 0 saturated carbocycles. The predicted octanol–water partition coefficient (Wildman–Crippen LogP) is 1.97. The second-order valence-corrected chi connectivity index (χ2v) is 5.92. The standard InChI is InChI=1S/C12H20BrN3OS/c1-3-4-16(7-12(17)15-2)10(6-14)11-5-9(13)8-18-11/h5,8,10H,3-4,6-7,14H2,1-2H3,(H,15,17). The van der Waals surface area contributed by atoms with Crippen LogP contribution >= 0.6 is 27.3 Å². The molecule has 0 fully saturated rings. The van der Waals surface area contributed by atoms with Crippen LogP contribution in [0.4, 0.5) is 0 Å². The highest BCUT2D eigenvalue weighted by Crippen LogP contribution is 2.29. The van der Waals surface area contributed by atoms with E-state index in [1.807, 2.05) is 5.38 Å². The molecule has 1 aromatic heterocycles. The number of hydrogen-bond donors (Lipinski definition) is 2. The largest absolute Gasteiger partial charge is 0.358 e. The van der Waals surface area contributed by atoms with Gasteiger partial charge < -0.3 is 11.1 Å². The zero-order valence-electron chi connectivity index (χ0n) is 10.8. The van der Waals surface area contributed by atoms with Crippen molar-refractivity contribution in [2.75, 3.05) is 26.7 Å². The van der Waals surface area contributed by atoms with Crippen molar-refractivity contribution in [1.29, 1.82) is 0 Å². The Bertz CT molecular complexity index is 383. The monoisotopic (exact) mass is 333 g/mol. The Kier molecular flexibility index (Phi) is 6.85. The van der Waals surface area contributed by atoms with Gasteiger partial charge in [0, 0.05) is 28.3 Å². The van der Waals surface area contributed by atoms with Crippen molar-refractivity contribution in [3.8, 4) is 0 Å². The van der Waals surface area contributed by atoms with E-state index in [4.69, 9.17) is 5.73 Å². The molecule has 0 aromatic carbocycles. The molecule has 18 heavy (non-hydrogen) atoms. The van der Waals surface area contributed by atoms with Gasteiger partial charge in [0.25, 0.3) is 0 Å². The molecule has 0 aliphatic heterocycles. The minimum absolute atomic E-state index is 0.0255. The fourth-order valence-electron chi connectivity index (χ4n) is 1.84. The third-order valence-corrected chi connectivity index (χ3v) is 4.51. The van der Waals surface area contributed by atoms with E-state index in [2.05, 4.69) is 39.1 Å². The molecule has 0 aliphatic rings. The number of hydrogen-bond acceptors (Lipinski definition) is 4. The quantitative estimate of drug-likeness (QED) is 0.802. The third-order valence-electron chi connectivity index (χ3n) is 2.72. The Balaban J connectivity index is 2.83. The summed E-state index contributed by atoms with van der Waals surface area (Å²) < 4.78 is 1.07. The molecule has 0 radical (unpaired) electrons. The Morgan fingerprint density at radius 1 is 1.67 bits per heavy atom. The molecule has 1 atom stereocenters. The fraction of sp³-hybridized carbons (Fsp3) is 0.583. The molecule has 1 heterocycles. The van der Waals surface area contributed by atoms with E-state index in [1.54, 1.807) is 18.4 Å². The van der Waals surface area contributed by atoms with Crippen LogP contribution in [0.15, 0.2) is 15.9 Å².